The zero-order valence-corrected chi connectivity index (χ0v) is 11.6. The highest BCUT2D eigenvalue weighted by Gasteiger charge is 2.03. The van der Waals surface area contributed by atoms with Gasteiger partial charge in [-0.3, -0.25) is 0 Å². The lowest BCUT2D eigenvalue weighted by Crippen LogP contribution is -2.00. The van der Waals surface area contributed by atoms with Gasteiger partial charge >= 0.3 is 0 Å². The minimum atomic E-state index is -0.00521. The lowest BCUT2D eigenvalue weighted by atomic mass is 10.2. The van der Waals surface area contributed by atoms with Crippen LogP contribution in [0, 0.1) is 6.92 Å². The number of aromatic nitrogens is 1. The SMILES string of the molecule is Cc1cc(CO)cc(OCc2ccccc2Br)n1. The van der Waals surface area contributed by atoms with Crippen molar-refractivity contribution in [2.75, 3.05) is 0 Å². The highest BCUT2D eigenvalue weighted by atomic mass is 79.9. The molecule has 0 unspecified atom stereocenters. The molecule has 3 nitrogen and oxygen atoms in total. The number of ether oxygens (including phenoxy) is 1. The number of benzene rings is 1. The molecule has 0 amide bonds. The van der Waals surface area contributed by atoms with Crippen LogP contribution in [0.1, 0.15) is 16.8 Å². The molecule has 0 aliphatic rings. The Labute approximate surface area is 115 Å². The predicted octanol–water partition coefficient (Wildman–Crippen LogP) is 3.22. The molecule has 1 heterocycles. The van der Waals surface area contributed by atoms with Gasteiger partial charge < -0.3 is 9.84 Å². The van der Waals surface area contributed by atoms with E-state index in [0.717, 1.165) is 21.3 Å². The van der Waals surface area contributed by atoms with Gasteiger partial charge in [-0.1, -0.05) is 34.1 Å². The Kier molecular flexibility index (Phi) is 4.33. The molecular weight excluding hydrogens is 294 g/mol. The molecule has 0 saturated heterocycles. The van der Waals surface area contributed by atoms with E-state index < -0.39 is 0 Å². The Morgan fingerprint density at radius 1 is 1.28 bits per heavy atom. The van der Waals surface area contributed by atoms with Crippen LogP contribution in [0.15, 0.2) is 40.9 Å². The minimum absolute atomic E-state index is 0.00521. The minimum Gasteiger partial charge on any atom is -0.473 e. The maximum absolute atomic E-state index is 9.13. The summed E-state index contributed by atoms with van der Waals surface area (Å²) >= 11 is 3.47. The van der Waals surface area contributed by atoms with Gasteiger partial charge in [-0.2, -0.15) is 0 Å². The van der Waals surface area contributed by atoms with Crippen molar-refractivity contribution in [2.45, 2.75) is 20.1 Å². The monoisotopic (exact) mass is 307 g/mol. The maximum Gasteiger partial charge on any atom is 0.214 e. The molecule has 4 heteroatoms. The molecule has 2 rings (SSSR count). The van der Waals surface area contributed by atoms with E-state index in [2.05, 4.69) is 20.9 Å². The van der Waals surface area contributed by atoms with Gasteiger partial charge in [-0.05, 0) is 24.6 Å². The van der Waals surface area contributed by atoms with E-state index in [1.54, 1.807) is 6.07 Å². The Hall–Kier alpha value is -1.39. The Morgan fingerprint density at radius 3 is 2.78 bits per heavy atom. The highest BCUT2D eigenvalue weighted by molar-refractivity contribution is 9.10. The fourth-order valence-corrected chi connectivity index (χ4v) is 2.04. The van der Waals surface area contributed by atoms with Crippen molar-refractivity contribution in [3.63, 3.8) is 0 Å². The molecule has 1 aromatic carbocycles. The molecule has 18 heavy (non-hydrogen) atoms. The van der Waals surface area contributed by atoms with E-state index >= 15 is 0 Å². The van der Waals surface area contributed by atoms with Crippen molar-refractivity contribution in [1.82, 2.24) is 4.98 Å². The fourth-order valence-electron chi connectivity index (χ4n) is 1.64. The summed E-state index contributed by atoms with van der Waals surface area (Å²) in [7, 11) is 0. The molecular formula is C14H14BrNO2. The Morgan fingerprint density at radius 2 is 2.06 bits per heavy atom. The first kappa shape index (κ1) is 13.1. The summed E-state index contributed by atoms with van der Waals surface area (Å²) in [4.78, 5) is 4.28. The summed E-state index contributed by atoms with van der Waals surface area (Å²) < 4.78 is 6.66. The molecule has 2 aromatic rings. The second-order valence-corrected chi connectivity index (χ2v) is 4.85. The summed E-state index contributed by atoms with van der Waals surface area (Å²) in [5.74, 6) is 0.537. The van der Waals surface area contributed by atoms with Crippen LogP contribution in [0.25, 0.3) is 0 Å². The van der Waals surface area contributed by atoms with Gasteiger partial charge in [-0.25, -0.2) is 4.98 Å². The van der Waals surface area contributed by atoms with Crippen LogP contribution in [0.2, 0.25) is 0 Å². The van der Waals surface area contributed by atoms with Crippen molar-refractivity contribution >= 4 is 15.9 Å². The Bertz CT molecular complexity index is 543. The molecule has 0 atom stereocenters. The predicted molar refractivity (Wildman–Crippen MR) is 73.4 cm³/mol. The quantitative estimate of drug-likeness (QED) is 0.943. The molecule has 0 aliphatic heterocycles. The number of aliphatic hydroxyl groups excluding tert-OH is 1. The number of nitrogens with zero attached hydrogens (tertiary/aromatic N) is 1. The molecule has 0 saturated carbocycles. The van der Waals surface area contributed by atoms with Crippen LogP contribution in [-0.4, -0.2) is 10.1 Å². The first-order chi connectivity index (χ1) is 8.69. The maximum atomic E-state index is 9.13. The van der Waals surface area contributed by atoms with Crippen molar-refractivity contribution in [2.24, 2.45) is 0 Å². The first-order valence-electron chi connectivity index (χ1n) is 5.63. The number of pyridine rings is 1. The molecule has 0 aliphatic carbocycles. The Balaban J connectivity index is 2.11. The molecule has 0 bridgehead atoms. The van der Waals surface area contributed by atoms with Crippen molar-refractivity contribution in [3.05, 3.63) is 57.7 Å². The van der Waals surface area contributed by atoms with Gasteiger partial charge in [0.05, 0.1) is 6.61 Å². The number of aliphatic hydroxyl groups is 1. The summed E-state index contributed by atoms with van der Waals surface area (Å²) in [6.45, 7) is 2.32. The van der Waals surface area contributed by atoms with Gasteiger partial charge in [-0.15, -0.1) is 0 Å². The average molecular weight is 308 g/mol. The van der Waals surface area contributed by atoms with Crippen LogP contribution < -0.4 is 4.74 Å². The van der Waals surface area contributed by atoms with Crippen molar-refractivity contribution < 1.29 is 9.84 Å². The molecule has 94 valence electrons. The van der Waals surface area contributed by atoms with E-state index in [-0.39, 0.29) is 6.61 Å². The summed E-state index contributed by atoms with van der Waals surface area (Å²) in [6, 6.07) is 11.5. The van der Waals surface area contributed by atoms with Crippen LogP contribution in [0.5, 0.6) is 5.88 Å². The summed E-state index contributed by atoms with van der Waals surface area (Å²) in [5, 5.41) is 9.13. The van der Waals surface area contributed by atoms with Gasteiger partial charge in [0, 0.05) is 21.8 Å². The third-order valence-electron chi connectivity index (χ3n) is 2.51. The van der Waals surface area contributed by atoms with E-state index in [9.17, 15) is 0 Å². The van der Waals surface area contributed by atoms with E-state index in [4.69, 9.17) is 9.84 Å². The number of halogens is 1. The second-order valence-electron chi connectivity index (χ2n) is 3.99. The fraction of sp³-hybridized carbons (Fsp3) is 0.214. The first-order valence-corrected chi connectivity index (χ1v) is 6.43. The van der Waals surface area contributed by atoms with Gasteiger partial charge in [0.1, 0.15) is 6.61 Å². The van der Waals surface area contributed by atoms with E-state index in [0.29, 0.717) is 12.5 Å². The van der Waals surface area contributed by atoms with Crippen LogP contribution in [-0.2, 0) is 13.2 Å². The largest absolute Gasteiger partial charge is 0.473 e. The smallest absolute Gasteiger partial charge is 0.214 e. The lowest BCUT2D eigenvalue weighted by Gasteiger charge is -2.09. The van der Waals surface area contributed by atoms with Crippen LogP contribution in [0.3, 0.4) is 0 Å². The van der Waals surface area contributed by atoms with Crippen LogP contribution in [0.4, 0.5) is 0 Å². The standard InChI is InChI=1S/C14H14BrNO2/c1-10-6-11(8-17)7-14(16-10)18-9-12-4-2-3-5-13(12)15/h2-7,17H,8-9H2,1H3. The van der Waals surface area contributed by atoms with E-state index in [1.165, 1.54) is 0 Å². The van der Waals surface area contributed by atoms with Crippen molar-refractivity contribution in [1.29, 1.82) is 0 Å². The van der Waals surface area contributed by atoms with Gasteiger partial charge in [0.2, 0.25) is 5.88 Å². The van der Waals surface area contributed by atoms with Gasteiger partial charge in [0.25, 0.3) is 0 Å². The lowest BCUT2D eigenvalue weighted by molar-refractivity contribution is 0.274. The summed E-state index contributed by atoms with van der Waals surface area (Å²) in [6.07, 6.45) is 0. The number of hydrogen-bond donors (Lipinski definition) is 1. The van der Waals surface area contributed by atoms with Gasteiger partial charge in [0.15, 0.2) is 0 Å². The molecule has 1 aromatic heterocycles. The molecule has 0 radical (unpaired) electrons. The normalized spacial score (nSPS) is 10.4. The van der Waals surface area contributed by atoms with Crippen molar-refractivity contribution in [3.8, 4) is 5.88 Å². The summed E-state index contributed by atoms with van der Waals surface area (Å²) in [5.41, 5.74) is 2.71. The number of aryl methyl sites for hydroxylation is 1. The average Bonchev–Trinajstić information content (AvgIpc) is 2.37. The zero-order chi connectivity index (χ0) is 13.0. The molecule has 0 spiro atoms. The molecule has 0 fully saturated rings. The third-order valence-corrected chi connectivity index (χ3v) is 3.28. The zero-order valence-electron chi connectivity index (χ0n) is 10.1. The number of hydrogen-bond acceptors (Lipinski definition) is 3. The third kappa shape index (κ3) is 3.31. The van der Waals surface area contributed by atoms with E-state index in [1.807, 2.05) is 37.3 Å². The second kappa shape index (κ2) is 5.98. The highest BCUT2D eigenvalue weighted by Crippen LogP contribution is 2.19. The number of rotatable bonds is 4. The topological polar surface area (TPSA) is 42.4 Å². The molecule has 1 N–H and O–H groups in total. The van der Waals surface area contributed by atoms with Crippen LogP contribution >= 0.6 is 15.9 Å².